The first-order valence-corrected chi connectivity index (χ1v) is 14.0. The SMILES string of the molecule is CCCCCc1nnc(-c2ccc3cc4c(-c5nnc(CCCCC)s5)cccc4cc3c2)s1. The van der Waals surface area contributed by atoms with Crippen LogP contribution in [0.15, 0.2) is 48.5 Å². The Morgan fingerprint density at radius 2 is 1.32 bits per heavy atom. The summed E-state index contributed by atoms with van der Waals surface area (Å²) in [6.07, 6.45) is 9.36. The molecule has 2 aromatic heterocycles. The minimum atomic E-state index is 1.01. The van der Waals surface area contributed by atoms with Gasteiger partial charge < -0.3 is 0 Å². The molecular weight excluding hydrogens is 456 g/mol. The van der Waals surface area contributed by atoms with Gasteiger partial charge in [-0.25, -0.2) is 0 Å². The molecule has 0 aliphatic heterocycles. The van der Waals surface area contributed by atoms with Crippen LogP contribution in [0.3, 0.4) is 0 Å². The summed E-state index contributed by atoms with van der Waals surface area (Å²) in [6, 6.07) is 17.7. The molecule has 3 aromatic carbocycles. The van der Waals surface area contributed by atoms with Gasteiger partial charge in [0.05, 0.1) is 0 Å². The summed E-state index contributed by atoms with van der Waals surface area (Å²) in [7, 11) is 0. The summed E-state index contributed by atoms with van der Waals surface area (Å²) in [6.45, 7) is 4.46. The third-order valence-electron chi connectivity index (χ3n) is 6.24. The van der Waals surface area contributed by atoms with Gasteiger partial charge in [-0.15, -0.1) is 20.4 Å². The van der Waals surface area contributed by atoms with E-state index < -0.39 is 0 Å². The number of benzene rings is 3. The average molecular weight is 487 g/mol. The third-order valence-corrected chi connectivity index (χ3v) is 8.29. The van der Waals surface area contributed by atoms with E-state index in [9.17, 15) is 0 Å². The number of hydrogen-bond acceptors (Lipinski definition) is 6. The van der Waals surface area contributed by atoms with E-state index in [2.05, 4.69) is 82.8 Å². The molecule has 0 N–H and O–H groups in total. The van der Waals surface area contributed by atoms with E-state index in [1.165, 1.54) is 65.6 Å². The lowest BCUT2D eigenvalue weighted by Gasteiger charge is -2.07. The van der Waals surface area contributed by atoms with Gasteiger partial charge in [0.25, 0.3) is 0 Å². The Bertz CT molecular complexity index is 1400. The maximum Gasteiger partial charge on any atom is 0.148 e. The number of nitrogens with zero attached hydrogens (tertiary/aromatic N) is 4. The van der Waals surface area contributed by atoms with Gasteiger partial charge in [0.15, 0.2) is 0 Å². The summed E-state index contributed by atoms with van der Waals surface area (Å²) < 4.78 is 0. The normalized spacial score (nSPS) is 11.6. The molecule has 0 bridgehead atoms. The number of rotatable bonds is 10. The number of aromatic nitrogens is 4. The highest BCUT2D eigenvalue weighted by Gasteiger charge is 2.12. The van der Waals surface area contributed by atoms with Gasteiger partial charge in [-0.1, -0.05) is 92.5 Å². The predicted molar refractivity (Wildman–Crippen MR) is 146 cm³/mol. The molecule has 0 aliphatic carbocycles. The summed E-state index contributed by atoms with van der Waals surface area (Å²) in [4.78, 5) is 0. The van der Waals surface area contributed by atoms with E-state index >= 15 is 0 Å². The van der Waals surface area contributed by atoms with E-state index in [0.717, 1.165) is 38.4 Å². The fourth-order valence-corrected chi connectivity index (χ4v) is 6.13. The highest BCUT2D eigenvalue weighted by Crippen LogP contribution is 2.35. The molecule has 4 nitrogen and oxygen atoms in total. The smallest absolute Gasteiger partial charge is 0.143 e. The maximum atomic E-state index is 4.53. The number of hydrogen-bond donors (Lipinski definition) is 0. The molecule has 5 aromatic rings. The van der Waals surface area contributed by atoms with Crippen LogP contribution in [0.5, 0.6) is 0 Å². The second-order valence-electron chi connectivity index (χ2n) is 8.86. The van der Waals surface area contributed by atoms with Crippen LogP contribution in [0, 0.1) is 0 Å². The summed E-state index contributed by atoms with van der Waals surface area (Å²) >= 11 is 3.45. The molecule has 0 radical (unpaired) electrons. The molecule has 0 atom stereocenters. The Labute approximate surface area is 209 Å². The highest BCUT2D eigenvalue weighted by molar-refractivity contribution is 7.15. The van der Waals surface area contributed by atoms with Crippen molar-refractivity contribution in [3.05, 3.63) is 58.5 Å². The van der Waals surface area contributed by atoms with Crippen LogP contribution >= 0.6 is 22.7 Å². The second kappa shape index (κ2) is 10.7. The molecule has 2 heterocycles. The van der Waals surface area contributed by atoms with Gasteiger partial charge in [0, 0.05) is 24.0 Å². The molecule has 0 fully saturated rings. The minimum Gasteiger partial charge on any atom is -0.143 e. The monoisotopic (exact) mass is 486 g/mol. The van der Waals surface area contributed by atoms with Crippen molar-refractivity contribution < 1.29 is 0 Å². The molecule has 34 heavy (non-hydrogen) atoms. The van der Waals surface area contributed by atoms with Crippen LogP contribution in [0.1, 0.15) is 62.4 Å². The van der Waals surface area contributed by atoms with Crippen molar-refractivity contribution in [3.63, 3.8) is 0 Å². The van der Waals surface area contributed by atoms with Gasteiger partial charge in [0.2, 0.25) is 0 Å². The molecule has 0 spiro atoms. The van der Waals surface area contributed by atoms with Crippen LogP contribution in [-0.2, 0) is 12.8 Å². The molecule has 0 aliphatic rings. The summed E-state index contributed by atoms with van der Waals surface area (Å²) in [5, 5.41) is 27.1. The van der Waals surface area contributed by atoms with Crippen LogP contribution in [-0.4, -0.2) is 20.4 Å². The summed E-state index contributed by atoms with van der Waals surface area (Å²) in [5.74, 6) is 0. The first-order valence-electron chi connectivity index (χ1n) is 12.4. The highest BCUT2D eigenvalue weighted by atomic mass is 32.1. The molecular formula is C28H30N4S2. The van der Waals surface area contributed by atoms with E-state index in [1.807, 2.05) is 0 Å². The van der Waals surface area contributed by atoms with E-state index in [4.69, 9.17) is 0 Å². The topological polar surface area (TPSA) is 51.6 Å². The Morgan fingerprint density at radius 3 is 2.06 bits per heavy atom. The number of aryl methyl sites for hydroxylation is 2. The van der Waals surface area contributed by atoms with Crippen molar-refractivity contribution in [2.45, 2.75) is 65.2 Å². The lowest BCUT2D eigenvalue weighted by atomic mass is 9.99. The second-order valence-corrected chi connectivity index (χ2v) is 11.0. The van der Waals surface area contributed by atoms with Gasteiger partial charge in [0.1, 0.15) is 20.0 Å². The van der Waals surface area contributed by atoms with Gasteiger partial charge >= 0.3 is 0 Å². The first kappa shape index (κ1) is 23.1. The fourth-order valence-electron chi connectivity index (χ4n) is 4.33. The minimum absolute atomic E-state index is 1.01. The van der Waals surface area contributed by atoms with Crippen LogP contribution in [0.25, 0.3) is 42.7 Å². The van der Waals surface area contributed by atoms with E-state index in [-0.39, 0.29) is 0 Å². The van der Waals surface area contributed by atoms with Crippen molar-refractivity contribution in [1.29, 1.82) is 0 Å². The largest absolute Gasteiger partial charge is 0.148 e. The van der Waals surface area contributed by atoms with Crippen molar-refractivity contribution in [2.75, 3.05) is 0 Å². The van der Waals surface area contributed by atoms with Gasteiger partial charge in [-0.3, -0.25) is 0 Å². The molecule has 0 saturated heterocycles. The Balaban J connectivity index is 1.45. The molecule has 5 rings (SSSR count). The van der Waals surface area contributed by atoms with Crippen LogP contribution in [0.4, 0.5) is 0 Å². The lowest BCUT2D eigenvalue weighted by molar-refractivity contribution is 0.710. The third kappa shape index (κ3) is 5.03. The van der Waals surface area contributed by atoms with E-state index in [1.54, 1.807) is 22.7 Å². The standard InChI is InChI=1S/C28H30N4S2/c1-3-5-7-12-25-29-31-27(33-25)21-15-14-19-18-24-20(16-22(19)17-21)10-9-11-23(24)28-32-30-26(34-28)13-8-6-4-2/h9-11,14-18H,3-8,12-13H2,1-2H3. The first-order chi connectivity index (χ1) is 16.7. The zero-order chi connectivity index (χ0) is 23.3. The zero-order valence-corrected chi connectivity index (χ0v) is 21.5. The van der Waals surface area contributed by atoms with Crippen molar-refractivity contribution in [3.8, 4) is 21.1 Å². The lowest BCUT2D eigenvalue weighted by Crippen LogP contribution is -1.84. The Kier molecular flexibility index (Phi) is 7.26. The van der Waals surface area contributed by atoms with Crippen molar-refractivity contribution >= 4 is 44.2 Å². The molecule has 174 valence electrons. The Hall–Kier alpha value is -2.70. The fraction of sp³-hybridized carbons (Fsp3) is 0.357. The van der Waals surface area contributed by atoms with Gasteiger partial charge in [-0.2, -0.15) is 0 Å². The molecule has 0 unspecified atom stereocenters. The van der Waals surface area contributed by atoms with Crippen molar-refractivity contribution in [2.24, 2.45) is 0 Å². The zero-order valence-electron chi connectivity index (χ0n) is 19.9. The Morgan fingerprint density at radius 1 is 0.618 bits per heavy atom. The van der Waals surface area contributed by atoms with E-state index in [0.29, 0.717) is 0 Å². The van der Waals surface area contributed by atoms with Crippen LogP contribution in [0.2, 0.25) is 0 Å². The maximum absolute atomic E-state index is 4.53. The van der Waals surface area contributed by atoms with Crippen LogP contribution < -0.4 is 0 Å². The molecule has 0 amide bonds. The number of fused-ring (bicyclic) bond motifs is 2. The van der Waals surface area contributed by atoms with Crippen molar-refractivity contribution in [1.82, 2.24) is 20.4 Å². The average Bonchev–Trinajstić information content (AvgIpc) is 3.52. The predicted octanol–water partition coefficient (Wildman–Crippen LogP) is 8.50. The quantitative estimate of drug-likeness (QED) is 0.147. The number of unbranched alkanes of at least 4 members (excludes halogenated alkanes) is 4. The van der Waals surface area contributed by atoms with Gasteiger partial charge in [-0.05, 0) is 52.6 Å². The molecule has 0 saturated carbocycles. The summed E-state index contributed by atoms with van der Waals surface area (Å²) in [5.41, 5.74) is 2.31. The molecule has 6 heteroatoms.